The minimum atomic E-state index is -0.557. The molecule has 0 aromatic heterocycles. The molecule has 1 fully saturated rings. The highest BCUT2D eigenvalue weighted by atomic mass is 19.1. The molecule has 4 nitrogen and oxygen atoms in total. The van der Waals surface area contributed by atoms with Gasteiger partial charge in [0.15, 0.2) is 11.6 Å². The van der Waals surface area contributed by atoms with Crippen molar-refractivity contribution in [3.8, 4) is 5.75 Å². The predicted molar refractivity (Wildman–Crippen MR) is 59.5 cm³/mol. The molecular weight excluding hydrogens is 225 g/mol. The standard InChI is InChI=1S/C12H14FNO3/c1-17-11-3-2-8(6-10(11)13)12(16)14-5-4-9(15)7-14/h2-3,6,9,15H,4-5,7H2,1H3. The second kappa shape index (κ2) is 4.71. The van der Waals surface area contributed by atoms with Gasteiger partial charge in [-0.2, -0.15) is 0 Å². The number of hydrogen-bond donors (Lipinski definition) is 1. The van der Waals surface area contributed by atoms with Crippen LogP contribution in [0.1, 0.15) is 16.8 Å². The summed E-state index contributed by atoms with van der Waals surface area (Å²) in [5, 5.41) is 9.34. The molecule has 1 unspecified atom stereocenters. The number of nitrogens with zero attached hydrogens (tertiary/aromatic N) is 1. The Morgan fingerprint density at radius 2 is 2.35 bits per heavy atom. The molecule has 1 N–H and O–H groups in total. The summed E-state index contributed by atoms with van der Waals surface area (Å²) < 4.78 is 18.2. The maximum Gasteiger partial charge on any atom is 0.254 e. The van der Waals surface area contributed by atoms with Crippen molar-refractivity contribution in [1.29, 1.82) is 0 Å². The van der Waals surface area contributed by atoms with Crippen molar-refractivity contribution >= 4 is 5.91 Å². The molecule has 0 radical (unpaired) electrons. The zero-order valence-corrected chi connectivity index (χ0v) is 9.52. The lowest BCUT2D eigenvalue weighted by atomic mass is 10.2. The molecule has 2 rings (SSSR count). The fourth-order valence-corrected chi connectivity index (χ4v) is 1.91. The fourth-order valence-electron chi connectivity index (χ4n) is 1.91. The van der Waals surface area contributed by atoms with Crippen LogP contribution in [0.15, 0.2) is 18.2 Å². The molecule has 0 aliphatic carbocycles. The fraction of sp³-hybridized carbons (Fsp3) is 0.417. The summed E-state index contributed by atoms with van der Waals surface area (Å²) in [4.78, 5) is 13.5. The van der Waals surface area contributed by atoms with Gasteiger partial charge in [0.25, 0.3) is 5.91 Å². The zero-order chi connectivity index (χ0) is 12.4. The van der Waals surface area contributed by atoms with E-state index in [4.69, 9.17) is 4.74 Å². The summed E-state index contributed by atoms with van der Waals surface area (Å²) in [6.07, 6.45) is 0.103. The molecule has 0 saturated carbocycles. The Bertz CT molecular complexity index is 436. The van der Waals surface area contributed by atoms with E-state index in [0.717, 1.165) is 6.07 Å². The molecule has 5 heteroatoms. The number of carbonyl (C=O) groups is 1. The molecule has 17 heavy (non-hydrogen) atoms. The number of aliphatic hydroxyl groups is 1. The first-order valence-corrected chi connectivity index (χ1v) is 5.42. The highest BCUT2D eigenvalue weighted by molar-refractivity contribution is 5.94. The molecule has 1 aromatic rings. The highest BCUT2D eigenvalue weighted by Gasteiger charge is 2.25. The number of carbonyl (C=O) groups excluding carboxylic acids is 1. The van der Waals surface area contributed by atoms with E-state index < -0.39 is 11.9 Å². The van der Waals surface area contributed by atoms with Gasteiger partial charge in [0.2, 0.25) is 0 Å². The normalized spacial score (nSPS) is 19.5. The lowest BCUT2D eigenvalue weighted by molar-refractivity contribution is 0.0764. The predicted octanol–water partition coefficient (Wildman–Crippen LogP) is 1.04. The average molecular weight is 239 g/mol. The van der Waals surface area contributed by atoms with Crippen LogP contribution in [0.25, 0.3) is 0 Å². The zero-order valence-electron chi connectivity index (χ0n) is 9.52. The summed E-state index contributed by atoms with van der Waals surface area (Å²) >= 11 is 0. The van der Waals surface area contributed by atoms with E-state index in [-0.39, 0.29) is 17.2 Å². The van der Waals surface area contributed by atoms with Crippen LogP contribution >= 0.6 is 0 Å². The van der Waals surface area contributed by atoms with Crippen LogP contribution < -0.4 is 4.74 Å². The maximum atomic E-state index is 13.4. The maximum absolute atomic E-state index is 13.4. The van der Waals surface area contributed by atoms with Gasteiger partial charge in [-0.15, -0.1) is 0 Å². The molecule has 1 heterocycles. The van der Waals surface area contributed by atoms with E-state index in [1.165, 1.54) is 24.1 Å². The molecule has 1 amide bonds. The Balaban J connectivity index is 2.17. The lowest BCUT2D eigenvalue weighted by Gasteiger charge is -2.15. The number of amides is 1. The van der Waals surface area contributed by atoms with Crippen LogP contribution in [0.5, 0.6) is 5.75 Å². The van der Waals surface area contributed by atoms with Crippen LogP contribution in [-0.4, -0.2) is 42.2 Å². The van der Waals surface area contributed by atoms with Crippen LogP contribution in [0, 0.1) is 5.82 Å². The summed E-state index contributed by atoms with van der Waals surface area (Å²) in [6, 6.07) is 4.11. The van der Waals surface area contributed by atoms with Gasteiger partial charge in [-0.3, -0.25) is 4.79 Å². The number of benzene rings is 1. The Kier molecular flexibility index (Phi) is 3.28. The summed E-state index contributed by atoms with van der Waals surface area (Å²) in [6.45, 7) is 0.820. The number of rotatable bonds is 2. The molecule has 0 bridgehead atoms. The number of hydrogen-bond acceptors (Lipinski definition) is 3. The molecule has 1 saturated heterocycles. The topological polar surface area (TPSA) is 49.8 Å². The first kappa shape index (κ1) is 11.9. The Morgan fingerprint density at radius 1 is 1.59 bits per heavy atom. The number of likely N-dealkylation sites (tertiary alicyclic amines) is 1. The molecular formula is C12H14FNO3. The van der Waals surface area contributed by atoms with Crippen molar-refractivity contribution in [3.05, 3.63) is 29.6 Å². The van der Waals surface area contributed by atoms with E-state index >= 15 is 0 Å². The lowest BCUT2D eigenvalue weighted by Crippen LogP contribution is -2.29. The van der Waals surface area contributed by atoms with Crippen molar-refractivity contribution < 1.29 is 19.0 Å². The van der Waals surface area contributed by atoms with Crippen LogP contribution in [0.4, 0.5) is 4.39 Å². The van der Waals surface area contributed by atoms with Gasteiger partial charge in [0.1, 0.15) is 0 Å². The monoisotopic (exact) mass is 239 g/mol. The third-order valence-electron chi connectivity index (χ3n) is 2.85. The van der Waals surface area contributed by atoms with E-state index in [9.17, 15) is 14.3 Å². The number of methoxy groups -OCH3 is 1. The van der Waals surface area contributed by atoms with Crippen molar-refractivity contribution in [2.24, 2.45) is 0 Å². The van der Waals surface area contributed by atoms with Crippen molar-refractivity contribution in [2.45, 2.75) is 12.5 Å². The largest absolute Gasteiger partial charge is 0.494 e. The van der Waals surface area contributed by atoms with Gasteiger partial charge < -0.3 is 14.7 Å². The SMILES string of the molecule is COc1ccc(C(=O)N2CCC(O)C2)cc1F. The average Bonchev–Trinajstić information content (AvgIpc) is 2.75. The number of β-amino-alcohol motifs (C(OH)–C–C–N with tert-alkyl or cyclic N) is 1. The van der Waals surface area contributed by atoms with Gasteiger partial charge >= 0.3 is 0 Å². The Morgan fingerprint density at radius 3 is 2.88 bits per heavy atom. The summed E-state index contributed by atoms with van der Waals surface area (Å²) in [5.41, 5.74) is 0.275. The van der Waals surface area contributed by atoms with Gasteiger partial charge in [0.05, 0.1) is 13.2 Å². The van der Waals surface area contributed by atoms with Crippen LogP contribution in [0.3, 0.4) is 0 Å². The molecule has 1 atom stereocenters. The second-order valence-electron chi connectivity index (χ2n) is 4.04. The molecule has 1 aromatic carbocycles. The van der Waals surface area contributed by atoms with Crippen molar-refractivity contribution in [1.82, 2.24) is 4.90 Å². The first-order valence-electron chi connectivity index (χ1n) is 5.42. The molecule has 1 aliphatic heterocycles. The van der Waals surface area contributed by atoms with Gasteiger partial charge in [0, 0.05) is 18.7 Å². The van der Waals surface area contributed by atoms with E-state index in [0.29, 0.717) is 19.5 Å². The summed E-state index contributed by atoms with van der Waals surface area (Å²) in [5.74, 6) is -0.704. The van der Waals surface area contributed by atoms with Gasteiger partial charge in [-0.1, -0.05) is 0 Å². The number of halogens is 1. The van der Waals surface area contributed by atoms with Gasteiger partial charge in [-0.05, 0) is 24.6 Å². The molecule has 92 valence electrons. The molecule has 0 spiro atoms. The second-order valence-corrected chi connectivity index (χ2v) is 4.04. The first-order chi connectivity index (χ1) is 8.11. The van der Waals surface area contributed by atoms with Crippen LogP contribution in [0.2, 0.25) is 0 Å². The van der Waals surface area contributed by atoms with E-state index in [1.807, 2.05) is 0 Å². The number of aliphatic hydroxyl groups excluding tert-OH is 1. The van der Waals surface area contributed by atoms with Crippen molar-refractivity contribution in [3.63, 3.8) is 0 Å². The minimum absolute atomic E-state index is 0.114. The third-order valence-corrected chi connectivity index (χ3v) is 2.85. The molecule has 1 aliphatic rings. The van der Waals surface area contributed by atoms with Gasteiger partial charge in [-0.25, -0.2) is 4.39 Å². The number of ether oxygens (including phenoxy) is 1. The quantitative estimate of drug-likeness (QED) is 0.839. The minimum Gasteiger partial charge on any atom is -0.494 e. The van der Waals surface area contributed by atoms with Crippen molar-refractivity contribution in [2.75, 3.05) is 20.2 Å². The van der Waals surface area contributed by atoms with E-state index in [1.54, 1.807) is 0 Å². The van der Waals surface area contributed by atoms with Crippen LogP contribution in [-0.2, 0) is 0 Å². The third kappa shape index (κ3) is 2.39. The summed E-state index contributed by atoms with van der Waals surface area (Å²) in [7, 11) is 1.37. The Hall–Kier alpha value is -1.62. The van der Waals surface area contributed by atoms with E-state index in [2.05, 4.69) is 0 Å². The Labute approximate surface area is 98.6 Å². The highest BCUT2D eigenvalue weighted by Crippen LogP contribution is 2.20. The smallest absolute Gasteiger partial charge is 0.254 e.